The van der Waals surface area contributed by atoms with E-state index in [-0.39, 0.29) is 0 Å². The van der Waals surface area contributed by atoms with E-state index in [1.807, 2.05) is 17.9 Å². The van der Waals surface area contributed by atoms with Crippen LogP contribution in [0.1, 0.15) is 38.7 Å². The molecule has 1 fully saturated rings. The number of nitrogens with zero attached hydrogens (tertiary/aromatic N) is 4. The van der Waals surface area contributed by atoms with Crippen LogP contribution in [0.5, 0.6) is 0 Å². The molecule has 1 aliphatic rings. The van der Waals surface area contributed by atoms with Crippen molar-refractivity contribution < 1.29 is 4.74 Å². The Labute approximate surface area is 164 Å². The van der Waals surface area contributed by atoms with Crippen LogP contribution in [-0.2, 0) is 11.3 Å². The van der Waals surface area contributed by atoms with E-state index in [0.717, 1.165) is 58.3 Å². The third-order valence-corrected chi connectivity index (χ3v) is 5.43. The highest BCUT2D eigenvalue weighted by Crippen LogP contribution is 2.19. The van der Waals surface area contributed by atoms with Crippen molar-refractivity contribution in [1.82, 2.24) is 25.3 Å². The zero-order valence-electron chi connectivity index (χ0n) is 17.6. The van der Waals surface area contributed by atoms with Crippen LogP contribution in [0.2, 0.25) is 0 Å². The molecule has 0 radical (unpaired) electrons. The number of ether oxygens (including phenoxy) is 1. The summed E-state index contributed by atoms with van der Waals surface area (Å²) >= 11 is 0. The van der Waals surface area contributed by atoms with Gasteiger partial charge in [-0.3, -0.25) is 14.6 Å². The molecule has 2 heterocycles. The number of nitrogens with one attached hydrogen (secondary N) is 2. The van der Waals surface area contributed by atoms with Gasteiger partial charge in [0.2, 0.25) is 0 Å². The Hall–Kier alpha value is -1.60. The van der Waals surface area contributed by atoms with Gasteiger partial charge in [-0.25, -0.2) is 0 Å². The second-order valence-corrected chi connectivity index (χ2v) is 7.31. The lowest BCUT2D eigenvalue weighted by molar-refractivity contribution is 0.00272. The maximum Gasteiger partial charge on any atom is 0.191 e. The molecule has 0 saturated carbocycles. The summed E-state index contributed by atoms with van der Waals surface area (Å²) in [4.78, 5) is 6.98. The quantitative estimate of drug-likeness (QED) is 0.370. The molecule has 7 nitrogen and oxygen atoms in total. The first-order valence-corrected chi connectivity index (χ1v) is 10.4. The van der Waals surface area contributed by atoms with E-state index >= 15 is 0 Å². The molecule has 2 N–H and O–H groups in total. The Morgan fingerprint density at radius 2 is 2.00 bits per heavy atom. The van der Waals surface area contributed by atoms with Crippen molar-refractivity contribution >= 4 is 5.96 Å². The second-order valence-electron chi connectivity index (χ2n) is 7.31. The van der Waals surface area contributed by atoms with Crippen LogP contribution >= 0.6 is 0 Å². The van der Waals surface area contributed by atoms with E-state index in [1.54, 1.807) is 0 Å². The molecule has 0 aromatic carbocycles. The molecule has 1 saturated heterocycles. The smallest absolute Gasteiger partial charge is 0.191 e. The first kappa shape index (κ1) is 21.7. The predicted octanol–water partition coefficient (Wildman–Crippen LogP) is 1.88. The van der Waals surface area contributed by atoms with Crippen LogP contribution in [0.3, 0.4) is 0 Å². The predicted molar refractivity (Wildman–Crippen MR) is 111 cm³/mol. The fourth-order valence-corrected chi connectivity index (χ4v) is 3.79. The zero-order chi connectivity index (χ0) is 19.5. The Morgan fingerprint density at radius 1 is 1.26 bits per heavy atom. The average Bonchev–Trinajstić information content (AvgIpc) is 3.12. The summed E-state index contributed by atoms with van der Waals surface area (Å²) in [7, 11) is 1.84. The number of aliphatic imine (C=N–C) groups is 1. The maximum absolute atomic E-state index is 5.54. The Kier molecular flexibility index (Phi) is 9.62. The SMILES string of the molecule is CCC(CC)C(CNC(=NC)NCCCn1cc(C)cn1)N1CCOCC1. The molecule has 0 bridgehead atoms. The van der Waals surface area contributed by atoms with Crippen LogP contribution < -0.4 is 10.6 Å². The lowest BCUT2D eigenvalue weighted by Gasteiger charge is -2.39. The van der Waals surface area contributed by atoms with Crippen molar-refractivity contribution in [1.29, 1.82) is 0 Å². The van der Waals surface area contributed by atoms with Gasteiger partial charge in [-0.05, 0) is 24.8 Å². The number of aryl methyl sites for hydroxylation is 2. The number of aromatic nitrogens is 2. The standard InChI is InChI=1S/C20H38N6O/c1-5-18(6-2)19(25-10-12-27-13-11-25)15-23-20(21-4)22-8-7-9-26-16-17(3)14-24-26/h14,16,18-19H,5-13,15H2,1-4H3,(H2,21,22,23). The minimum absolute atomic E-state index is 0.523. The largest absolute Gasteiger partial charge is 0.379 e. The van der Waals surface area contributed by atoms with Crippen molar-refractivity contribution in [3.05, 3.63) is 18.0 Å². The summed E-state index contributed by atoms with van der Waals surface area (Å²) < 4.78 is 7.54. The molecule has 154 valence electrons. The maximum atomic E-state index is 5.54. The average molecular weight is 379 g/mol. The summed E-state index contributed by atoms with van der Waals surface area (Å²) in [5.74, 6) is 1.58. The Balaban J connectivity index is 1.78. The van der Waals surface area contributed by atoms with E-state index in [2.05, 4.69) is 52.6 Å². The van der Waals surface area contributed by atoms with E-state index in [0.29, 0.717) is 12.0 Å². The lowest BCUT2D eigenvalue weighted by atomic mass is 9.92. The highest BCUT2D eigenvalue weighted by Gasteiger charge is 2.26. The van der Waals surface area contributed by atoms with Crippen LogP contribution in [0.15, 0.2) is 17.4 Å². The molecule has 0 aliphatic carbocycles. The third kappa shape index (κ3) is 7.14. The van der Waals surface area contributed by atoms with E-state index < -0.39 is 0 Å². The van der Waals surface area contributed by atoms with E-state index in [9.17, 15) is 0 Å². The highest BCUT2D eigenvalue weighted by atomic mass is 16.5. The molecule has 27 heavy (non-hydrogen) atoms. The van der Waals surface area contributed by atoms with Gasteiger partial charge in [0, 0.05) is 52.0 Å². The molecule has 1 atom stereocenters. The lowest BCUT2D eigenvalue weighted by Crippen LogP contribution is -2.53. The topological polar surface area (TPSA) is 66.7 Å². The van der Waals surface area contributed by atoms with Crippen molar-refractivity contribution in [2.45, 2.75) is 52.6 Å². The minimum atomic E-state index is 0.523. The van der Waals surface area contributed by atoms with E-state index in [1.165, 1.54) is 18.4 Å². The molecule has 1 aromatic heterocycles. The molecular weight excluding hydrogens is 340 g/mol. The van der Waals surface area contributed by atoms with Crippen LogP contribution in [-0.4, -0.2) is 73.1 Å². The minimum Gasteiger partial charge on any atom is -0.379 e. The first-order valence-electron chi connectivity index (χ1n) is 10.4. The van der Waals surface area contributed by atoms with Gasteiger partial charge in [0.1, 0.15) is 0 Å². The van der Waals surface area contributed by atoms with Gasteiger partial charge >= 0.3 is 0 Å². The molecule has 1 aliphatic heterocycles. The summed E-state index contributed by atoms with van der Waals surface area (Å²) in [6, 6.07) is 0.523. The normalized spacial score (nSPS) is 17.3. The molecule has 2 rings (SSSR count). The number of guanidine groups is 1. The van der Waals surface area contributed by atoms with Crippen LogP contribution in [0.4, 0.5) is 0 Å². The van der Waals surface area contributed by atoms with Gasteiger partial charge in [-0.1, -0.05) is 26.7 Å². The molecular formula is C20H38N6O. The van der Waals surface area contributed by atoms with Gasteiger partial charge in [-0.15, -0.1) is 0 Å². The highest BCUT2D eigenvalue weighted by molar-refractivity contribution is 5.79. The van der Waals surface area contributed by atoms with Gasteiger partial charge in [0.05, 0.1) is 19.4 Å². The van der Waals surface area contributed by atoms with Crippen molar-refractivity contribution in [2.24, 2.45) is 10.9 Å². The van der Waals surface area contributed by atoms with Gasteiger partial charge in [0.15, 0.2) is 5.96 Å². The summed E-state index contributed by atoms with van der Waals surface area (Å²) in [5, 5.41) is 11.3. The molecule has 0 spiro atoms. The molecule has 1 unspecified atom stereocenters. The Bertz CT molecular complexity index is 548. The second kappa shape index (κ2) is 12.0. The summed E-state index contributed by atoms with van der Waals surface area (Å²) in [5.41, 5.74) is 1.20. The Morgan fingerprint density at radius 3 is 2.59 bits per heavy atom. The number of hydrogen-bond donors (Lipinski definition) is 2. The number of morpholine rings is 1. The van der Waals surface area contributed by atoms with Crippen molar-refractivity contribution in [3.63, 3.8) is 0 Å². The van der Waals surface area contributed by atoms with Crippen LogP contribution in [0.25, 0.3) is 0 Å². The number of hydrogen-bond acceptors (Lipinski definition) is 4. The van der Waals surface area contributed by atoms with Crippen molar-refractivity contribution in [3.8, 4) is 0 Å². The zero-order valence-corrected chi connectivity index (χ0v) is 17.6. The molecule has 7 heteroatoms. The first-order chi connectivity index (χ1) is 13.2. The molecule has 1 aromatic rings. The molecule has 0 amide bonds. The third-order valence-electron chi connectivity index (χ3n) is 5.43. The van der Waals surface area contributed by atoms with Crippen LogP contribution in [0, 0.1) is 12.8 Å². The fourth-order valence-electron chi connectivity index (χ4n) is 3.79. The fraction of sp³-hybridized carbons (Fsp3) is 0.800. The van der Waals surface area contributed by atoms with Crippen molar-refractivity contribution in [2.75, 3.05) is 46.4 Å². The summed E-state index contributed by atoms with van der Waals surface area (Å²) in [6.45, 7) is 13.1. The van der Waals surface area contributed by atoms with Gasteiger partial charge in [0.25, 0.3) is 0 Å². The van der Waals surface area contributed by atoms with Gasteiger partial charge < -0.3 is 15.4 Å². The summed E-state index contributed by atoms with van der Waals surface area (Å²) in [6.07, 6.45) is 7.40. The monoisotopic (exact) mass is 378 g/mol. The van der Waals surface area contributed by atoms with Gasteiger partial charge in [-0.2, -0.15) is 5.10 Å². The van der Waals surface area contributed by atoms with E-state index in [4.69, 9.17) is 4.74 Å². The number of rotatable bonds is 10.